The molecule has 0 aliphatic rings. The number of carbonyl (C=O) groups excluding carboxylic acids is 1. The standard InChI is InChI=1S/C16H26N2O2/c1-11(2)20-15-8-6-5-7-14(15)13(4)18-16(19)10-9-12(3)17/h5-8,11-13H,9-10,17H2,1-4H3,(H,18,19). The van der Waals surface area contributed by atoms with Gasteiger partial charge >= 0.3 is 0 Å². The average molecular weight is 278 g/mol. The molecule has 0 radical (unpaired) electrons. The van der Waals surface area contributed by atoms with Crippen LogP contribution in [0.1, 0.15) is 52.1 Å². The first-order valence-corrected chi connectivity index (χ1v) is 7.20. The highest BCUT2D eigenvalue weighted by Gasteiger charge is 2.14. The molecule has 4 heteroatoms. The molecule has 0 aliphatic carbocycles. The van der Waals surface area contributed by atoms with Gasteiger partial charge in [0.2, 0.25) is 5.91 Å². The molecule has 2 unspecified atom stereocenters. The molecule has 4 nitrogen and oxygen atoms in total. The number of rotatable bonds is 7. The normalized spacial score (nSPS) is 13.9. The summed E-state index contributed by atoms with van der Waals surface area (Å²) in [7, 11) is 0. The van der Waals surface area contributed by atoms with E-state index < -0.39 is 0 Å². The zero-order valence-electron chi connectivity index (χ0n) is 12.8. The van der Waals surface area contributed by atoms with Gasteiger partial charge in [0.05, 0.1) is 12.1 Å². The number of ether oxygens (including phenoxy) is 1. The van der Waals surface area contributed by atoms with Crippen LogP contribution in [0.5, 0.6) is 5.75 Å². The third kappa shape index (κ3) is 5.61. The lowest BCUT2D eigenvalue weighted by atomic mass is 10.1. The zero-order chi connectivity index (χ0) is 15.1. The second-order valence-electron chi connectivity index (χ2n) is 5.51. The van der Waals surface area contributed by atoms with Crippen LogP contribution in [0.15, 0.2) is 24.3 Å². The van der Waals surface area contributed by atoms with Crippen molar-refractivity contribution >= 4 is 5.91 Å². The topological polar surface area (TPSA) is 64.4 Å². The van der Waals surface area contributed by atoms with E-state index in [4.69, 9.17) is 10.5 Å². The van der Waals surface area contributed by atoms with Gasteiger partial charge in [-0.1, -0.05) is 18.2 Å². The Bertz CT molecular complexity index is 430. The van der Waals surface area contributed by atoms with Gasteiger partial charge in [-0.05, 0) is 40.2 Å². The van der Waals surface area contributed by atoms with Crippen LogP contribution >= 0.6 is 0 Å². The van der Waals surface area contributed by atoms with E-state index >= 15 is 0 Å². The molecule has 0 spiro atoms. The van der Waals surface area contributed by atoms with E-state index in [0.29, 0.717) is 12.8 Å². The first-order valence-electron chi connectivity index (χ1n) is 7.20. The number of para-hydroxylation sites is 1. The fraction of sp³-hybridized carbons (Fsp3) is 0.562. The van der Waals surface area contributed by atoms with Crippen LogP contribution < -0.4 is 15.8 Å². The van der Waals surface area contributed by atoms with Crippen molar-refractivity contribution in [2.75, 3.05) is 0 Å². The summed E-state index contributed by atoms with van der Waals surface area (Å²) < 4.78 is 5.77. The van der Waals surface area contributed by atoms with Crippen LogP contribution in [0.3, 0.4) is 0 Å². The summed E-state index contributed by atoms with van der Waals surface area (Å²) in [5.74, 6) is 0.844. The van der Waals surface area contributed by atoms with Gasteiger partial charge in [0, 0.05) is 18.0 Å². The van der Waals surface area contributed by atoms with Crippen LogP contribution in [-0.2, 0) is 4.79 Å². The Kier molecular flexibility index (Phi) is 6.52. The van der Waals surface area contributed by atoms with E-state index in [1.807, 2.05) is 52.0 Å². The molecule has 1 aromatic rings. The Balaban J connectivity index is 2.67. The molecule has 0 fully saturated rings. The number of carbonyl (C=O) groups is 1. The highest BCUT2D eigenvalue weighted by molar-refractivity contribution is 5.76. The van der Waals surface area contributed by atoms with Gasteiger partial charge in [0.15, 0.2) is 0 Å². The molecule has 1 rings (SSSR count). The molecule has 20 heavy (non-hydrogen) atoms. The number of amides is 1. The van der Waals surface area contributed by atoms with Crippen LogP contribution in [0, 0.1) is 0 Å². The Morgan fingerprint density at radius 2 is 1.90 bits per heavy atom. The molecule has 1 amide bonds. The van der Waals surface area contributed by atoms with Crippen LogP contribution in [-0.4, -0.2) is 18.1 Å². The summed E-state index contributed by atoms with van der Waals surface area (Å²) in [6.45, 7) is 7.85. The second kappa shape index (κ2) is 7.90. The van der Waals surface area contributed by atoms with Gasteiger partial charge in [-0.15, -0.1) is 0 Å². The summed E-state index contributed by atoms with van der Waals surface area (Å²) >= 11 is 0. The lowest BCUT2D eigenvalue weighted by Crippen LogP contribution is -2.28. The minimum absolute atomic E-state index is 0.0224. The van der Waals surface area contributed by atoms with E-state index in [1.54, 1.807) is 0 Å². The highest BCUT2D eigenvalue weighted by atomic mass is 16.5. The molecule has 0 bridgehead atoms. The molecule has 0 saturated heterocycles. The van der Waals surface area contributed by atoms with Gasteiger partial charge in [-0.3, -0.25) is 4.79 Å². The summed E-state index contributed by atoms with van der Waals surface area (Å²) in [5.41, 5.74) is 6.66. The van der Waals surface area contributed by atoms with Crippen LogP contribution in [0.25, 0.3) is 0 Å². The maximum Gasteiger partial charge on any atom is 0.220 e. The van der Waals surface area contributed by atoms with Crippen molar-refractivity contribution in [3.8, 4) is 5.75 Å². The molecule has 0 aromatic heterocycles. The summed E-state index contributed by atoms with van der Waals surface area (Å²) in [6, 6.07) is 7.77. The fourth-order valence-corrected chi connectivity index (χ4v) is 1.95. The highest BCUT2D eigenvalue weighted by Crippen LogP contribution is 2.25. The fourth-order valence-electron chi connectivity index (χ4n) is 1.95. The average Bonchev–Trinajstić information content (AvgIpc) is 2.36. The smallest absolute Gasteiger partial charge is 0.220 e. The minimum Gasteiger partial charge on any atom is -0.491 e. The number of benzene rings is 1. The summed E-state index contributed by atoms with van der Waals surface area (Å²) in [5, 5.41) is 2.99. The minimum atomic E-state index is -0.0782. The maximum atomic E-state index is 11.9. The summed E-state index contributed by atoms with van der Waals surface area (Å²) in [6.07, 6.45) is 1.26. The Morgan fingerprint density at radius 3 is 2.50 bits per heavy atom. The van der Waals surface area contributed by atoms with Gasteiger partial charge < -0.3 is 15.8 Å². The largest absolute Gasteiger partial charge is 0.491 e. The van der Waals surface area contributed by atoms with Crippen molar-refractivity contribution in [3.05, 3.63) is 29.8 Å². The number of hydrogen-bond acceptors (Lipinski definition) is 3. The SMILES string of the molecule is CC(N)CCC(=O)NC(C)c1ccccc1OC(C)C. The third-order valence-electron chi connectivity index (χ3n) is 2.95. The predicted molar refractivity (Wildman–Crippen MR) is 81.6 cm³/mol. The number of nitrogens with two attached hydrogens (primary N) is 1. The lowest BCUT2D eigenvalue weighted by molar-refractivity contribution is -0.121. The Hall–Kier alpha value is -1.55. The molecule has 0 aliphatic heterocycles. The van der Waals surface area contributed by atoms with Crippen molar-refractivity contribution in [1.29, 1.82) is 0 Å². The maximum absolute atomic E-state index is 11.9. The third-order valence-corrected chi connectivity index (χ3v) is 2.95. The van der Waals surface area contributed by atoms with Gasteiger partial charge in [0.25, 0.3) is 0 Å². The summed E-state index contributed by atoms with van der Waals surface area (Å²) in [4.78, 5) is 11.9. The van der Waals surface area contributed by atoms with E-state index in [2.05, 4.69) is 5.32 Å². The predicted octanol–water partition coefficient (Wildman–Crippen LogP) is 2.78. The molecular formula is C16H26N2O2. The van der Waals surface area contributed by atoms with Gasteiger partial charge in [-0.25, -0.2) is 0 Å². The van der Waals surface area contributed by atoms with Crippen LogP contribution in [0.2, 0.25) is 0 Å². The molecular weight excluding hydrogens is 252 g/mol. The molecule has 2 atom stereocenters. The van der Waals surface area contributed by atoms with Crippen molar-refractivity contribution < 1.29 is 9.53 Å². The van der Waals surface area contributed by atoms with Gasteiger partial charge in [-0.2, -0.15) is 0 Å². The van der Waals surface area contributed by atoms with Crippen LogP contribution in [0.4, 0.5) is 0 Å². The number of nitrogens with one attached hydrogen (secondary N) is 1. The zero-order valence-corrected chi connectivity index (χ0v) is 12.8. The van der Waals surface area contributed by atoms with Gasteiger partial charge in [0.1, 0.15) is 5.75 Å². The van der Waals surface area contributed by atoms with Crippen molar-refractivity contribution in [2.24, 2.45) is 5.73 Å². The first kappa shape index (κ1) is 16.5. The Morgan fingerprint density at radius 1 is 1.25 bits per heavy atom. The van der Waals surface area contributed by atoms with E-state index in [-0.39, 0.29) is 24.1 Å². The molecule has 3 N–H and O–H groups in total. The van der Waals surface area contributed by atoms with E-state index in [1.165, 1.54) is 0 Å². The van der Waals surface area contributed by atoms with E-state index in [9.17, 15) is 4.79 Å². The first-order chi connectivity index (χ1) is 9.40. The lowest BCUT2D eigenvalue weighted by Gasteiger charge is -2.20. The Labute approximate surface area is 121 Å². The molecule has 1 aromatic carbocycles. The molecule has 112 valence electrons. The van der Waals surface area contributed by atoms with E-state index in [0.717, 1.165) is 11.3 Å². The second-order valence-corrected chi connectivity index (χ2v) is 5.51. The molecule has 0 saturated carbocycles. The van der Waals surface area contributed by atoms with Crippen molar-refractivity contribution in [1.82, 2.24) is 5.32 Å². The quantitative estimate of drug-likeness (QED) is 0.806. The number of hydrogen-bond donors (Lipinski definition) is 2. The van der Waals surface area contributed by atoms with Crippen molar-refractivity contribution in [2.45, 2.75) is 58.7 Å². The monoisotopic (exact) mass is 278 g/mol. The molecule has 0 heterocycles. The van der Waals surface area contributed by atoms with Crippen molar-refractivity contribution in [3.63, 3.8) is 0 Å².